The predicted octanol–water partition coefficient (Wildman–Crippen LogP) is 4.88. The maximum absolute atomic E-state index is 14.2. The summed E-state index contributed by atoms with van der Waals surface area (Å²) in [5, 5.41) is 11.8. The fourth-order valence-corrected chi connectivity index (χ4v) is 4.65. The summed E-state index contributed by atoms with van der Waals surface area (Å²) in [6.45, 7) is 0.0352. The van der Waals surface area contributed by atoms with Crippen LogP contribution in [-0.2, 0) is 14.5 Å². The molecule has 1 aromatic heterocycles. The SMILES string of the molecule is CS(=O)(=Cc1cc(OCCCCOc2cc(F)ccc2-c2nc(Cl)ncc2F)cc([N+](=O)[O-])c1)NC(=O)C(F)(F)F. The Balaban J connectivity index is 1.64. The number of hydrogen-bond acceptors (Lipinski definition) is 8. The van der Waals surface area contributed by atoms with Crippen LogP contribution in [0.5, 0.6) is 11.5 Å². The normalized spacial score (nSPS) is 12.8. The highest BCUT2D eigenvalue weighted by Gasteiger charge is 2.39. The number of ether oxygens (including phenoxy) is 2. The quantitative estimate of drug-likeness (QED) is 0.0799. The van der Waals surface area contributed by atoms with E-state index in [9.17, 15) is 41.1 Å². The van der Waals surface area contributed by atoms with Gasteiger partial charge in [-0.25, -0.2) is 23.0 Å². The zero-order valence-electron chi connectivity index (χ0n) is 20.9. The molecule has 0 aliphatic heterocycles. The van der Waals surface area contributed by atoms with E-state index >= 15 is 0 Å². The Labute approximate surface area is 234 Å². The molecule has 220 valence electrons. The van der Waals surface area contributed by atoms with Crippen LogP contribution in [0.2, 0.25) is 5.28 Å². The number of rotatable bonds is 11. The first-order valence-electron chi connectivity index (χ1n) is 11.4. The number of nitro benzene ring substituents is 1. The molecule has 0 aliphatic rings. The van der Waals surface area contributed by atoms with Crippen LogP contribution >= 0.6 is 11.6 Å². The van der Waals surface area contributed by atoms with E-state index in [1.165, 1.54) is 16.9 Å². The van der Waals surface area contributed by atoms with Gasteiger partial charge in [0.2, 0.25) is 5.28 Å². The van der Waals surface area contributed by atoms with Gasteiger partial charge in [0.15, 0.2) is 5.82 Å². The molecule has 0 radical (unpaired) electrons. The number of halogens is 6. The molecule has 1 amide bonds. The Hall–Kier alpha value is -4.05. The fraction of sp³-hybridized carbons (Fsp3) is 0.250. The number of non-ortho nitro benzene ring substituents is 1. The van der Waals surface area contributed by atoms with E-state index in [-0.39, 0.29) is 46.8 Å². The molecule has 0 saturated heterocycles. The Bertz CT molecular complexity index is 1580. The van der Waals surface area contributed by atoms with Crippen molar-refractivity contribution in [2.75, 3.05) is 19.5 Å². The number of benzene rings is 2. The number of nitrogens with zero attached hydrogens (tertiary/aromatic N) is 3. The van der Waals surface area contributed by atoms with Gasteiger partial charge in [0.25, 0.3) is 5.69 Å². The molecule has 1 atom stereocenters. The maximum atomic E-state index is 14.2. The highest BCUT2D eigenvalue weighted by molar-refractivity contribution is 7.99. The van der Waals surface area contributed by atoms with Crippen molar-refractivity contribution in [2.45, 2.75) is 19.0 Å². The van der Waals surface area contributed by atoms with E-state index in [1.807, 2.05) is 0 Å². The zero-order valence-corrected chi connectivity index (χ0v) is 22.5. The first-order chi connectivity index (χ1) is 19.1. The number of carbonyl (C=O) groups is 1. The molecule has 1 N–H and O–H groups in total. The van der Waals surface area contributed by atoms with E-state index in [0.717, 1.165) is 42.1 Å². The van der Waals surface area contributed by atoms with Gasteiger partial charge in [0, 0.05) is 29.3 Å². The molecule has 3 rings (SSSR count). The number of alkyl halides is 3. The van der Waals surface area contributed by atoms with E-state index < -0.39 is 44.0 Å². The minimum atomic E-state index is -5.27. The number of carbonyl (C=O) groups excluding carboxylic acids is 1. The molecule has 1 unspecified atom stereocenters. The van der Waals surface area contributed by atoms with Crippen molar-refractivity contribution in [1.29, 1.82) is 0 Å². The second-order valence-corrected chi connectivity index (χ2v) is 10.9. The molecular formula is C24H20ClF5N4O6S. The molecular weight excluding hydrogens is 603 g/mol. The van der Waals surface area contributed by atoms with Crippen LogP contribution in [-0.4, -0.2) is 56.0 Å². The fourth-order valence-electron chi connectivity index (χ4n) is 3.32. The second kappa shape index (κ2) is 13.1. The van der Waals surface area contributed by atoms with Gasteiger partial charge in [-0.3, -0.25) is 19.6 Å². The van der Waals surface area contributed by atoms with Gasteiger partial charge in [0.1, 0.15) is 23.0 Å². The van der Waals surface area contributed by atoms with Gasteiger partial charge < -0.3 is 9.47 Å². The second-order valence-electron chi connectivity index (χ2n) is 8.35. The summed E-state index contributed by atoms with van der Waals surface area (Å²) < 4.78 is 90.4. The van der Waals surface area contributed by atoms with E-state index in [2.05, 4.69) is 9.97 Å². The predicted molar refractivity (Wildman–Crippen MR) is 139 cm³/mol. The average molecular weight is 623 g/mol. The first-order valence-corrected chi connectivity index (χ1v) is 13.8. The topological polar surface area (TPSA) is 134 Å². The molecule has 10 nitrogen and oxygen atoms in total. The third-order valence-electron chi connectivity index (χ3n) is 5.02. The summed E-state index contributed by atoms with van der Waals surface area (Å²) in [5.74, 6) is -3.91. The van der Waals surface area contributed by atoms with E-state index in [1.54, 1.807) is 0 Å². The number of amides is 1. The van der Waals surface area contributed by atoms with Crippen LogP contribution in [0.15, 0.2) is 42.6 Å². The lowest BCUT2D eigenvalue weighted by Crippen LogP contribution is -2.40. The van der Waals surface area contributed by atoms with Gasteiger partial charge >= 0.3 is 12.1 Å². The maximum Gasteiger partial charge on any atom is 0.472 e. The van der Waals surface area contributed by atoms with E-state index in [4.69, 9.17) is 21.1 Å². The van der Waals surface area contributed by atoms with Crippen molar-refractivity contribution in [3.05, 3.63) is 75.2 Å². The molecule has 0 fully saturated rings. The Morgan fingerprint density at radius 1 is 1.15 bits per heavy atom. The average Bonchev–Trinajstić information content (AvgIpc) is 2.86. The Kier molecular flexibility index (Phi) is 10.0. The van der Waals surface area contributed by atoms with Crippen molar-refractivity contribution in [1.82, 2.24) is 14.7 Å². The lowest BCUT2D eigenvalue weighted by molar-refractivity contribution is -0.384. The van der Waals surface area contributed by atoms with Crippen molar-refractivity contribution in [3.8, 4) is 22.8 Å². The summed E-state index contributed by atoms with van der Waals surface area (Å²) in [5.41, 5.74) is -0.660. The molecule has 0 saturated carbocycles. The summed E-state index contributed by atoms with van der Waals surface area (Å²) in [6.07, 6.45) is -2.92. The van der Waals surface area contributed by atoms with Crippen molar-refractivity contribution in [2.24, 2.45) is 0 Å². The lowest BCUT2D eigenvalue weighted by atomic mass is 10.1. The molecule has 1 heterocycles. The standard InChI is InChI=1S/C24H20ClF5N4O6S/c1-41(38,33-22(35)24(28,29)30)13-14-8-16(34(36)37)11-17(9-14)39-6-2-3-7-40-20-10-15(26)4-5-18(20)21-19(27)12-31-23(25)32-21/h4-5,8-13H,2-3,6-7H2,1H3,(H,33,35,38). The van der Waals surface area contributed by atoms with Gasteiger partial charge in [-0.2, -0.15) is 13.2 Å². The first kappa shape index (κ1) is 31.5. The number of aromatic nitrogens is 2. The van der Waals surface area contributed by atoms with Crippen LogP contribution in [0.4, 0.5) is 27.6 Å². The van der Waals surface area contributed by atoms with Crippen molar-refractivity contribution < 1.29 is 45.4 Å². The number of nitro groups is 1. The summed E-state index contributed by atoms with van der Waals surface area (Å²) in [6, 6.07) is 6.62. The zero-order chi connectivity index (χ0) is 30.4. The summed E-state index contributed by atoms with van der Waals surface area (Å²) in [4.78, 5) is 29.0. The number of nitrogens with one attached hydrogen (secondary N) is 1. The van der Waals surface area contributed by atoms with Crippen LogP contribution < -0.4 is 14.2 Å². The van der Waals surface area contributed by atoms with Crippen LogP contribution in [0, 0.1) is 21.7 Å². The number of unbranched alkanes of at least 4 members (excludes halogenated alkanes) is 1. The Morgan fingerprint density at radius 2 is 1.83 bits per heavy atom. The molecule has 0 aliphatic carbocycles. The highest BCUT2D eigenvalue weighted by atomic mass is 35.5. The minimum Gasteiger partial charge on any atom is -0.493 e. The highest BCUT2D eigenvalue weighted by Crippen LogP contribution is 2.32. The third-order valence-corrected chi connectivity index (χ3v) is 6.51. The largest absolute Gasteiger partial charge is 0.493 e. The summed E-state index contributed by atoms with van der Waals surface area (Å²) >= 11 is 5.74. The summed E-state index contributed by atoms with van der Waals surface area (Å²) in [7, 11) is -3.72. The molecule has 0 bridgehead atoms. The van der Waals surface area contributed by atoms with Gasteiger partial charge in [-0.1, -0.05) is 0 Å². The van der Waals surface area contributed by atoms with E-state index in [0.29, 0.717) is 12.8 Å². The number of hydrogen-bond donors (Lipinski definition) is 1. The molecule has 17 heteroatoms. The van der Waals surface area contributed by atoms with Crippen molar-refractivity contribution in [3.63, 3.8) is 0 Å². The van der Waals surface area contributed by atoms with Gasteiger partial charge in [-0.15, -0.1) is 0 Å². The van der Waals surface area contributed by atoms with Gasteiger partial charge in [0.05, 0.1) is 40.1 Å². The lowest BCUT2D eigenvalue weighted by Gasteiger charge is -2.13. The third kappa shape index (κ3) is 9.24. The van der Waals surface area contributed by atoms with Crippen LogP contribution in [0.25, 0.3) is 11.3 Å². The Morgan fingerprint density at radius 3 is 2.49 bits per heavy atom. The molecule has 2 aromatic carbocycles. The van der Waals surface area contributed by atoms with Gasteiger partial charge in [-0.05, 0) is 48.2 Å². The monoisotopic (exact) mass is 622 g/mol. The van der Waals surface area contributed by atoms with Crippen molar-refractivity contribution >= 4 is 38.3 Å². The molecule has 41 heavy (non-hydrogen) atoms. The minimum absolute atomic E-state index is 0.000718. The smallest absolute Gasteiger partial charge is 0.472 e. The van der Waals surface area contributed by atoms with Crippen LogP contribution in [0.1, 0.15) is 18.4 Å². The molecule has 0 spiro atoms. The molecule has 3 aromatic rings. The van der Waals surface area contributed by atoms with Crippen LogP contribution in [0.3, 0.4) is 0 Å².